The second kappa shape index (κ2) is 4.55. The lowest BCUT2D eigenvalue weighted by Gasteiger charge is -2.21. The van der Waals surface area contributed by atoms with E-state index in [0.717, 1.165) is 0 Å². The molecule has 0 aliphatic carbocycles. The second-order valence-electron chi connectivity index (χ2n) is 4.73. The zero-order chi connectivity index (χ0) is 12.3. The van der Waals surface area contributed by atoms with Gasteiger partial charge in [-0.15, -0.1) is 0 Å². The summed E-state index contributed by atoms with van der Waals surface area (Å²) in [6, 6.07) is 1.55. The molecule has 1 unspecified atom stereocenters. The maximum Gasteiger partial charge on any atom is 0.408 e. The van der Waals surface area contributed by atoms with Crippen LogP contribution in [0.15, 0.2) is 10.6 Å². The summed E-state index contributed by atoms with van der Waals surface area (Å²) in [6.07, 6.45) is -0.458. The molecule has 0 aliphatic heterocycles. The number of nitrogens with zero attached hydrogens (tertiary/aromatic N) is 1. The highest BCUT2D eigenvalue weighted by atomic mass is 16.6. The molecule has 0 aliphatic rings. The third-order valence-electron chi connectivity index (χ3n) is 1.82. The van der Waals surface area contributed by atoms with Gasteiger partial charge in [0.25, 0.3) is 0 Å². The standard InChI is InChI=1S/C11H18N2O3/c1-7-6-9(13-16-7)8(2)12-10(14)15-11(3,4)5/h6,8H,1-5H3,(H,12,14). The molecule has 1 aromatic rings. The molecule has 16 heavy (non-hydrogen) atoms. The molecule has 0 radical (unpaired) electrons. The fraction of sp³-hybridized carbons (Fsp3) is 0.636. The number of rotatable bonds is 2. The molecule has 0 spiro atoms. The Bertz CT molecular complexity index is 366. The van der Waals surface area contributed by atoms with Crippen molar-refractivity contribution in [1.82, 2.24) is 10.5 Å². The minimum atomic E-state index is -0.496. The summed E-state index contributed by atoms with van der Waals surface area (Å²) in [4.78, 5) is 11.5. The highest BCUT2D eigenvalue weighted by Crippen LogP contribution is 2.13. The molecule has 1 amide bonds. The van der Waals surface area contributed by atoms with Gasteiger partial charge in [0, 0.05) is 6.07 Å². The molecule has 5 nitrogen and oxygen atoms in total. The molecule has 1 N–H and O–H groups in total. The first kappa shape index (κ1) is 12.5. The number of carbonyl (C=O) groups excluding carboxylic acids is 1. The van der Waals surface area contributed by atoms with Crippen molar-refractivity contribution in [3.05, 3.63) is 17.5 Å². The van der Waals surface area contributed by atoms with Crippen LogP contribution in [0.25, 0.3) is 0 Å². The summed E-state index contributed by atoms with van der Waals surface area (Å²) in [5.41, 5.74) is 0.187. The quantitative estimate of drug-likeness (QED) is 0.841. The van der Waals surface area contributed by atoms with Crippen LogP contribution < -0.4 is 5.32 Å². The fourth-order valence-corrected chi connectivity index (χ4v) is 1.15. The predicted molar refractivity (Wildman–Crippen MR) is 59.0 cm³/mol. The van der Waals surface area contributed by atoms with E-state index in [2.05, 4.69) is 10.5 Å². The van der Waals surface area contributed by atoms with Crippen LogP contribution in [0.4, 0.5) is 4.79 Å². The third-order valence-corrected chi connectivity index (χ3v) is 1.82. The van der Waals surface area contributed by atoms with Crippen LogP contribution in [0.2, 0.25) is 0 Å². The van der Waals surface area contributed by atoms with Gasteiger partial charge in [-0.05, 0) is 34.6 Å². The van der Waals surface area contributed by atoms with Crippen LogP contribution in [0, 0.1) is 6.92 Å². The molecule has 1 aromatic heterocycles. The minimum Gasteiger partial charge on any atom is -0.444 e. The average Bonchev–Trinajstić information content (AvgIpc) is 2.47. The maximum absolute atomic E-state index is 11.5. The van der Waals surface area contributed by atoms with Crippen LogP contribution in [-0.4, -0.2) is 16.9 Å². The monoisotopic (exact) mass is 226 g/mol. The third kappa shape index (κ3) is 3.92. The van der Waals surface area contributed by atoms with Gasteiger partial charge in [-0.1, -0.05) is 5.16 Å². The number of aromatic nitrogens is 1. The number of ether oxygens (including phenoxy) is 1. The molecule has 5 heteroatoms. The molecule has 90 valence electrons. The first-order valence-corrected chi connectivity index (χ1v) is 5.20. The molecule has 0 bridgehead atoms. The number of carbonyl (C=O) groups is 1. The average molecular weight is 226 g/mol. The number of hydrogen-bond acceptors (Lipinski definition) is 4. The van der Waals surface area contributed by atoms with Crippen molar-refractivity contribution < 1.29 is 14.1 Å². The number of hydrogen-bond donors (Lipinski definition) is 1. The van der Waals surface area contributed by atoms with E-state index in [1.165, 1.54) is 0 Å². The second-order valence-corrected chi connectivity index (χ2v) is 4.73. The van der Waals surface area contributed by atoms with Crippen LogP contribution in [0.1, 0.15) is 45.2 Å². The summed E-state index contributed by atoms with van der Waals surface area (Å²) in [5, 5.41) is 6.50. The number of amides is 1. The summed E-state index contributed by atoms with van der Waals surface area (Å²) >= 11 is 0. The van der Waals surface area contributed by atoms with E-state index in [9.17, 15) is 4.79 Å². The molecule has 1 heterocycles. The van der Waals surface area contributed by atoms with E-state index in [1.54, 1.807) is 13.0 Å². The van der Waals surface area contributed by atoms with Crippen molar-refractivity contribution in [3.8, 4) is 0 Å². The van der Waals surface area contributed by atoms with Gasteiger partial charge in [-0.2, -0.15) is 0 Å². The Hall–Kier alpha value is -1.52. The molecule has 0 saturated carbocycles. The van der Waals surface area contributed by atoms with E-state index < -0.39 is 11.7 Å². The van der Waals surface area contributed by atoms with Gasteiger partial charge >= 0.3 is 6.09 Å². The summed E-state index contributed by atoms with van der Waals surface area (Å²) in [5.74, 6) is 0.716. The zero-order valence-electron chi connectivity index (χ0n) is 10.3. The fourth-order valence-electron chi connectivity index (χ4n) is 1.15. The van der Waals surface area contributed by atoms with E-state index in [-0.39, 0.29) is 6.04 Å². The lowest BCUT2D eigenvalue weighted by Crippen LogP contribution is -2.34. The van der Waals surface area contributed by atoms with Crippen LogP contribution in [0.3, 0.4) is 0 Å². The maximum atomic E-state index is 11.5. The number of alkyl carbamates (subject to hydrolysis) is 1. The normalized spacial score (nSPS) is 13.3. The van der Waals surface area contributed by atoms with Gasteiger partial charge in [-0.3, -0.25) is 0 Å². The first-order chi connectivity index (χ1) is 7.28. The predicted octanol–water partition coefficient (Wildman–Crippen LogP) is 2.57. The number of aryl methyl sites for hydroxylation is 1. The minimum absolute atomic E-state index is 0.229. The van der Waals surface area contributed by atoms with Gasteiger partial charge in [0.15, 0.2) is 0 Å². The highest BCUT2D eigenvalue weighted by Gasteiger charge is 2.19. The Morgan fingerprint density at radius 3 is 2.62 bits per heavy atom. The highest BCUT2D eigenvalue weighted by molar-refractivity contribution is 5.68. The van der Waals surface area contributed by atoms with Crippen molar-refractivity contribution in [2.75, 3.05) is 0 Å². The SMILES string of the molecule is Cc1cc(C(C)NC(=O)OC(C)(C)C)no1. The van der Waals surface area contributed by atoms with Gasteiger partial charge in [0.05, 0.1) is 6.04 Å². The number of nitrogens with one attached hydrogen (secondary N) is 1. The Balaban J connectivity index is 2.52. The van der Waals surface area contributed by atoms with Crippen molar-refractivity contribution in [2.24, 2.45) is 0 Å². The van der Waals surface area contributed by atoms with Crippen molar-refractivity contribution in [3.63, 3.8) is 0 Å². The Kier molecular flexibility index (Phi) is 3.57. The van der Waals surface area contributed by atoms with Gasteiger partial charge < -0.3 is 14.6 Å². The Morgan fingerprint density at radius 1 is 1.56 bits per heavy atom. The Labute approximate surface area is 95.1 Å². The van der Waals surface area contributed by atoms with Crippen LogP contribution >= 0.6 is 0 Å². The molecular formula is C11H18N2O3. The molecule has 0 saturated heterocycles. The van der Waals surface area contributed by atoms with Crippen molar-refractivity contribution in [1.29, 1.82) is 0 Å². The van der Waals surface area contributed by atoms with Crippen molar-refractivity contribution in [2.45, 2.75) is 46.3 Å². The summed E-state index contributed by atoms with van der Waals surface area (Å²) in [7, 11) is 0. The lowest BCUT2D eigenvalue weighted by atomic mass is 10.2. The smallest absolute Gasteiger partial charge is 0.408 e. The van der Waals surface area contributed by atoms with E-state index in [4.69, 9.17) is 9.26 Å². The summed E-state index contributed by atoms with van der Waals surface area (Å²) in [6.45, 7) is 9.07. The van der Waals surface area contributed by atoms with Gasteiger partial charge in [-0.25, -0.2) is 4.79 Å². The molecule has 1 rings (SSSR count). The van der Waals surface area contributed by atoms with E-state index >= 15 is 0 Å². The van der Waals surface area contributed by atoms with Crippen LogP contribution in [-0.2, 0) is 4.74 Å². The molecule has 1 atom stereocenters. The van der Waals surface area contributed by atoms with Gasteiger partial charge in [0.1, 0.15) is 17.1 Å². The van der Waals surface area contributed by atoms with Gasteiger partial charge in [0.2, 0.25) is 0 Å². The topological polar surface area (TPSA) is 64.4 Å². The van der Waals surface area contributed by atoms with Crippen molar-refractivity contribution >= 4 is 6.09 Å². The molecule has 0 fully saturated rings. The van der Waals surface area contributed by atoms with E-state index in [0.29, 0.717) is 11.5 Å². The molecular weight excluding hydrogens is 208 g/mol. The molecule has 0 aromatic carbocycles. The van der Waals surface area contributed by atoms with Crippen LogP contribution in [0.5, 0.6) is 0 Å². The van der Waals surface area contributed by atoms with E-state index in [1.807, 2.05) is 27.7 Å². The Morgan fingerprint density at radius 2 is 2.19 bits per heavy atom. The lowest BCUT2D eigenvalue weighted by molar-refractivity contribution is 0.0506. The zero-order valence-corrected chi connectivity index (χ0v) is 10.3. The largest absolute Gasteiger partial charge is 0.444 e. The first-order valence-electron chi connectivity index (χ1n) is 5.20. The summed E-state index contributed by atoms with van der Waals surface area (Å²) < 4.78 is 10.1.